The number of carbonyl (C=O) groups excluding carboxylic acids is 2. The van der Waals surface area contributed by atoms with Gasteiger partial charge in [-0.05, 0) is 43.2 Å². The van der Waals surface area contributed by atoms with Gasteiger partial charge in [0.15, 0.2) is 0 Å². The van der Waals surface area contributed by atoms with Gasteiger partial charge in [0.1, 0.15) is 0 Å². The standard InChI is InChI=1S/C22H27N3O5S/c1-16-7-6-9-19(17(16)2)23-21(26)15-24(3)22(27)18-8-4-5-10-20(18)31(28,29)25-11-13-30-14-12-25/h4-10H,11-15H2,1-3H3,(H,23,26). The van der Waals surface area contributed by atoms with Gasteiger partial charge in [-0.25, -0.2) is 8.42 Å². The molecule has 0 atom stereocenters. The molecule has 1 aliphatic rings. The summed E-state index contributed by atoms with van der Waals surface area (Å²) in [6.07, 6.45) is 0. The number of nitrogens with one attached hydrogen (secondary N) is 1. The minimum atomic E-state index is -3.85. The van der Waals surface area contributed by atoms with E-state index < -0.39 is 15.9 Å². The summed E-state index contributed by atoms with van der Waals surface area (Å²) in [5, 5.41) is 2.81. The Kier molecular flexibility index (Phi) is 7.09. The van der Waals surface area contributed by atoms with E-state index in [1.165, 1.54) is 28.4 Å². The number of hydrogen-bond donors (Lipinski definition) is 1. The number of rotatable bonds is 6. The second kappa shape index (κ2) is 9.59. The van der Waals surface area contributed by atoms with Crippen LogP contribution in [0.25, 0.3) is 0 Å². The van der Waals surface area contributed by atoms with Crippen molar-refractivity contribution in [3.05, 3.63) is 59.2 Å². The Morgan fingerprint density at radius 3 is 2.45 bits per heavy atom. The first-order valence-electron chi connectivity index (χ1n) is 10.0. The zero-order chi connectivity index (χ0) is 22.6. The molecule has 2 amide bonds. The van der Waals surface area contributed by atoms with Crippen molar-refractivity contribution in [3.63, 3.8) is 0 Å². The number of nitrogens with zero attached hydrogens (tertiary/aromatic N) is 2. The van der Waals surface area contributed by atoms with Crippen LogP contribution in [0.2, 0.25) is 0 Å². The molecule has 0 bridgehead atoms. The first kappa shape index (κ1) is 22.9. The summed E-state index contributed by atoms with van der Waals surface area (Å²) in [5.74, 6) is -0.901. The summed E-state index contributed by atoms with van der Waals surface area (Å²) in [4.78, 5) is 26.7. The van der Waals surface area contributed by atoms with Crippen molar-refractivity contribution in [1.29, 1.82) is 0 Å². The highest BCUT2D eigenvalue weighted by molar-refractivity contribution is 7.89. The molecule has 3 rings (SSSR count). The van der Waals surface area contributed by atoms with E-state index in [1.807, 2.05) is 26.0 Å². The first-order chi connectivity index (χ1) is 14.7. The fraction of sp³-hybridized carbons (Fsp3) is 0.364. The Balaban J connectivity index is 1.77. The van der Waals surface area contributed by atoms with Gasteiger partial charge >= 0.3 is 0 Å². The van der Waals surface area contributed by atoms with E-state index in [-0.39, 0.29) is 36.0 Å². The molecule has 9 heteroatoms. The van der Waals surface area contributed by atoms with Crippen LogP contribution in [-0.2, 0) is 19.6 Å². The number of aryl methyl sites for hydroxylation is 1. The van der Waals surface area contributed by atoms with Gasteiger partial charge < -0.3 is 15.0 Å². The number of sulfonamides is 1. The van der Waals surface area contributed by atoms with E-state index in [9.17, 15) is 18.0 Å². The van der Waals surface area contributed by atoms with Gasteiger partial charge in [-0.2, -0.15) is 4.31 Å². The molecule has 2 aromatic carbocycles. The summed E-state index contributed by atoms with van der Waals surface area (Å²) in [6, 6.07) is 11.7. The normalized spacial score (nSPS) is 14.8. The summed E-state index contributed by atoms with van der Waals surface area (Å²) in [7, 11) is -2.38. The number of amides is 2. The molecular weight excluding hydrogens is 418 g/mol. The zero-order valence-corrected chi connectivity index (χ0v) is 18.7. The Bertz CT molecular complexity index is 1080. The molecule has 1 saturated heterocycles. The van der Waals surface area contributed by atoms with Crippen molar-refractivity contribution < 1.29 is 22.7 Å². The SMILES string of the molecule is Cc1cccc(NC(=O)CN(C)C(=O)c2ccccc2S(=O)(=O)N2CCOCC2)c1C. The van der Waals surface area contributed by atoms with Gasteiger partial charge in [0, 0.05) is 25.8 Å². The summed E-state index contributed by atoms with van der Waals surface area (Å²) < 4.78 is 32.7. The van der Waals surface area contributed by atoms with E-state index in [2.05, 4.69) is 5.32 Å². The number of carbonyl (C=O) groups is 2. The molecule has 0 unspecified atom stereocenters. The fourth-order valence-electron chi connectivity index (χ4n) is 3.36. The molecule has 2 aromatic rings. The molecule has 0 saturated carbocycles. The number of benzene rings is 2. The predicted molar refractivity (Wildman–Crippen MR) is 118 cm³/mol. The quantitative estimate of drug-likeness (QED) is 0.734. The molecule has 31 heavy (non-hydrogen) atoms. The number of hydrogen-bond acceptors (Lipinski definition) is 5. The summed E-state index contributed by atoms with van der Waals surface area (Å²) in [6.45, 7) is 4.75. The highest BCUT2D eigenvalue weighted by Gasteiger charge is 2.31. The lowest BCUT2D eigenvalue weighted by Gasteiger charge is -2.27. The van der Waals surface area contributed by atoms with Crippen molar-refractivity contribution in [1.82, 2.24) is 9.21 Å². The smallest absolute Gasteiger partial charge is 0.255 e. The van der Waals surface area contributed by atoms with Crippen LogP contribution in [0.5, 0.6) is 0 Å². The topological polar surface area (TPSA) is 96.0 Å². The van der Waals surface area contributed by atoms with E-state index in [0.717, 1.165) is 11.1 Å². The van der Waals surface area contributed by atoms with E-state index >= 15 is 0 Å². The average molecular weight is 446 g/mol. The lowest BCUT2D eigenvalue weighted by Crippen LogP contribution is -2.42. The molecule has 0 aliphatic carbocycles. The zero-order valence-electron chi connectivity index (χ0n) is 17.9. The van der Waals surface area contributed by atoms with Gasteiger partial charge in [0.05, 0.1) is 30.2 Å². The van der Waals surface area contributed by atoms with Crippen LogP contribution in [0, 0.1) is 13.8 Å². The van der Waals surface area contributed by atoms with Crippen molar-refractivity contribution in [3.8, 4) is 0 Å². The predicted octanol–water partition coefficient (Wildman–Crippen LogP) is 2.04. The van der Waals surface area contributed by atoms with Gasteiger partial charge in [-0.1, -0.05) is 24.3 Å². The van der Waals surface area contributed by atoms with Crippen LogP contribution >= 0.6 is 0 Å². The van der Waals surface area contributed by atoms with Crippen LogP contribution in [0.4, 0.5) is 5.69 Å². The highest BCUT2D eigenvalue weighted by atomic mass is 32.2. The van der Waals surface area contributed by atoms with Gasteiger partial charge in [0.2, 0.25) is 15.9 Å². The van der Waals surface area contributed by atoms with Gasteiger partial charge in [0.25, 0.3) is 5.91 Å². The number of anilines is 1. The largest absolute Gasteiger partial charge is 0.379 e. The minimum absolute atomic E-state index is 0.0380. The Labute approximate surface area is 182 Å². The summed E-state index contributed by atoms with van der Waals surface area (Å²) in [5.41, 5.74) is 2.72. The number of likely N-dealkylation sites (N-methyl/N-ethyl adjacent to an activating group) is 1. The van der Waals surface area contributed by atoms with Crippen molar-refractivity contribution in [2.45, 2.75) is 18.7 Å². The number of ether oxygens (including phenoxy) is 1. The van der Waals surface area contributed by atoms with Crippen LogP contribution in [0.3, 0.4) is 0 Å². The van der Waals surface area contributed by atoms with E-state index in [1.54, 1.807) is 18.2 Å². The maximum Gasteiger partial charge on any atom is 0.255 e. The van der Waals surface area contributed by atoms with Gasteiger partial charge in [-0.3, -0.25) is 9.59 Å². The molecule has 1 N–H and O–H groups in total. The first-order valence-corrected chi connectivity index (χ1v) is 11.4. The monoisotopic (exact) mass is 445 g/mol. The van der Waals surface area contributed by atoms with Gasteiger partial charge in [-0.15, -0.1) is 0 Å². The Morgan fingerprint density at radius 1 is 1.06 bits per heavy atom. The van der Waals surface area contributed by atoms with E-state index in [0.29, 0.717) is 18.9 Å². The molecule has 1 fully saturated rings. The average Bonchev–Trinajstić information content (AvgIpc) is 2.77. The van der Waals surface area contributed by atoms with Crippen LogP contribution in [0.1, 0.15) is 21.5 Å². The van der Waals surface area contributed by atoms with Crippen LogP contribution < -0.4 is 5.32 Å². The lowest BCUT2D eigenvalue weighted by molar-refractivity contribution is -0.116. The molecule has 0 aromatic heterocycles. The summed E-state index contributed by atoms with van der Waals surface area (Å²) >= 11 is 0. The molecule has 0 spiro atoms. The Morgan fingerprint density at radius 2 is 1.74 bits per heavy atom. The van der Waals surface area contributed by atoms with Crippen LogP contribution in [0.15, 0.2) is 47.4 Å². The Hall–Kier alpha value is -2.75. The molecule has 8 nitrogen and oxygen atoms in total. The second-order valence-electron chi connectivity index (χ2n) is 7.47. The van der Waals surface area contributed by atoms with Crippen molar-refractivity contribution in [2.24, 2.45) is 0 Å². The minimum Gasteiger partial charge on any atom is -0.379 e. The molecule has 1 heterocycles. The molecule has 0 radical (unpaired) electrons. The molecule has 166 valence electrons. The highest BCUT2D eigenvalue weighted by Crippen LogP contribution is 2.23. The van der Waals surface area contributed by atoms with Crippen molar-refractivity contribution >= 4 is 27.5 Å². The molecular formula is C22H27N3O5S. The third kappa shape index (κ3) is 5.12. The molecule has 1 aliphatic heterocycles. The maximum atomic E-state index is 13.1. The van der Waals surface area contributed by atoms with E-state index in [4.69, 9.17) is 4.74 Å². The van der Waals surface area contributed by atoms with Crippen LogP contribution in [-0.4, -0.2) is 69.3 Å². The van der Waals surface area contributed by atoms with Crippen molar-refractivity contribution in [2.75, 3.05) is 45.2 Å². The maximum absolute atomic E-state index is 13.1. The third-order valence-corrected chi connectivity index (χ3v) is 7.27. The number of morpholine rings is 1. The fourth-order valence-corrected chi connectivity index (χ4v) is 4.96. The lowest BCUT2D eigenvalue weighted by atomic mass is 10.1. The second-order valence-corrected chi connectivity index (χ2v) is 9.38. The third-order valence-electron chi connectivity index (χ3n) is 5.31.